The third-order valence-electron chi connectivity index (χ3n) is 8.16. The number of hydrogen-bond acceptors (Lipinski definition) is 6. The van der Waals surface area contributed by atoms with E-state index in [-0.39, 0.29) is 18.5 Å². The van der Waals surface area contributed by atoms with Gasteiger partial charge in [0.25, 0.3) is 15.9 Å². The fourth-order valence-corrected chi connectivity index (χ4v) is 8.06. The van der Waals surface area contributed by atoms with E-state index in [2.05, 4.69) is 45.3 Å². The second-order valence-electron chi connectivity index (χ2n) is 10.3. The van der Waals surface area contributed by atoms with Crippen molar-refractivity contribution in [2.45, 2.75) is 70.8 Å². The minimum atomic E-state index is -3.57. The summed E-state index contributed by atoms with van der Waals surface area (Å²) >= 11 is 1.21. The summed E-state index contributed by atoms with van der Waals surface area (Å²) in [5.41, 5.74) is 8.61. The molecule has 1 aromatic heterocycles. The van der Waals surface area contributed by atoms with Gasteiger partial charge >= 0.3 is 0 Å². The van der Waals surface area contributed by atoms with Gasteiger partial charge in [-0.05, 0) is 111 Å². The van der Waals surface area contributed by atoms with Crippen LogP contribution in [0, 0.1) is 34.6 Å². The molecule has 0 aliphatic carbocycles. The van der Waals surface area contributed by atoms with Crippen LogP contribution in [0.25, 0.3) is 0 Å². The Hall–Kier alpha value is -2.72. The first-order chi connectivity index (χ1) is 18.5. The Balaban J connectivity index is 1.31. The van der Waals surface area contributed by atoms with Gasteiger partial charge < -0.3 is 15.4 Å². The zero-order chi connectivity index (χ0) is 28.3. The second kappa shape index (κ2) is 12.2. The van der Waals surface area contributed by atoms with Crippen molar-refractivity contribution >= 4 is 27.3 Å². The SMILES string of the molecule is COc1cccc(C(=O)NCc2ccc(S(=O)(=O)N3CCC(NCc4c(C)c(C)c(C)c(C)c4C)CC3)s2)c1. The van der Waals surface area contributed by atoms with Gasteiger partial charge in [-0.1, -0.05) is 6.07 Å². The predicted molar refractivity (Wildman–Crippen MR) is 157 cm³/mol. The number of thiophene rings is 1. The summed E-state index contributed by atoms with van der Waals surface area (Å²) in [5.74, 6) is 0.374. The van der Waals surface area contributed by atoms with Gasteiger partial charge in [-0.15, -0.1) is 11.3 Å². The van der Waals surface area contributed by atoms with Crippen LogP contribution in [0.15, 0.2) is 40.6 Å². The van der Waals surface area contributed by atoms with Crippen LogP contribution >= 0.6 is 11.3 Å². The maximum atomic E-state index is 13.3. The topological polar surface area (TPSA) is 87.7 Å². The molecule has 210 valence electrons. The van der Waals surface area contributed by atoms with Crippen LogP contribution in [0.4, 0.5) is 0 Å². The van der Waals surface area contributed by atoms with Crippen LogP contribution in [-0.4, -0.2) is 44.9 Å². The number of nitrogens with zero attached hydrogens (tertiary/aromatic N) is 1. The van der Waals surface area contributed by atoms with E-state index in [0.717, 1.165) is 24.3 Å². The summed E-state index contributed by atoms with van der Waals surface area (Å²) in [7, 11) is -2.01. The van der Waals surface area contributed by atoms with Crippen LogP contribution in [0.3, 0.4) is 0 Å². The monoisotopic (exact) mass is 569 g/mol. The first-order valence-electron chi connectivity index (χ1n) is 13.3. The summed E-state index contributed by atoms with van der Waals surface area (Å²) in [6.07, 6.45) is 1.55. The predicted octanol–water partition coefficient (Wildman–Crippen LogP) is 5.17. The van der Waals surface area contributed by atoms with Crippen molar-refractivity contribution in [3.8, 4) is 5.75 Å². The Morgan fingerprint density at radius 2 is 1.59 bits per heavy atom. The van der Waals surface area contributed by atoms with Gasteiger partial charge in [0.1, 0.15) is 9.96 Å². The highest BCUT2D eigenvalue weighted by molar-refractivity contribution is 7.91. The highest BCUT2D eigenvalue weighted by Crippen LogP contribution is 2.29. The molecule has 0 atom stereocenters. The van der Waals surface area contributed by atoms with Crippen molar-refractivity contribution in [1.29, 1.82) is 0 Å². The molecular weight excluding hydrogens is 530 g/mol. The molecule has 0 radical (unpaired) electrons. The van der Waals surface area contributed by atoms with Gasteiger partial charge in [0.2, 0.25) is 0 Å². The molecule has 2 aromatic carbocycles. The molecule has 0 unspecified atom stereocenters. The molecule has 1 aliphatic rings. The highest BCUT2D eigenvalue weighted by atomic mass is 32.2. The summed E-state index contributed by atoms with van der Waals surface area (Å²) in [5, 5.41) is 6.55. The molecule has 1 amide bonds. The minimum Gasteiger partial charge on any atom is -0.497 e. The lowest BCUT2D eigenvalue weighted by atomic mass is 9.89. The largest absolute Gasteiger partial charge is 0.497 e. The lowest BCUT2D eigenvalue weighted by Crippen LogP contribution is -2.44. The Kier molecular flexibility index (Phi) is 9.16. The molecular formula is C30H39N3O4S2. The summed E-state index contributed by atoms with van der Waals surface area (Å²) < 4.78 is 33.7. The summed E-state index contributed by atoms with van der Waals surface area (Å²) in [6, 6.07) is 10.6. The van der Waals surface area contributed by atoms with Gasteiger partial charge in [0.05, 0.1) is 13.7 Å². The Labute approximate surface area is 236 Å². The zero-order valence-corrected chi connectivity index (χ0v) is 25.3. The number of hydrogen-bond donors (Lipinski definition) is 2. The average molecular weight is 570 g/mol. The smallest absolute Gasteiger partial charge is 0.252 e. The van der Waals surface area contributed by atoms with Crippen LogP contribution in [-0.2, 0) is 23.1 Å². The molecule has 39 heavy (non-hydrogen) atoms. The van der Waals surface area contributed by atoms with Crippen LogP contribution < -0.4 is 15.4 Å². The van der Waals surface area contributed by atoms with Gasteiger partial charge in [-0.3, -0.25) is 4.79 Å². The van der Waals surface area contributed by atoms with E-state index in [0.29, 0.717) is 28.6 Å². The molecule has 1 aliphatic heterocycles. The average Bonchev–Trinajstić information content (AvgIpc) is 3.44. The summed E-state index contributed by atoms with van der Waals surface area (Å²) in [4.78, 5) is 13.3. The molecule has 2 heterocycles. The molecule has 0 spiro atoms. The number of sulfonamides is 1. The molecule has 1 saturated heterocycles. The summed E-state index contributed by atoms with van der Waals surface area (Å²) in [6.45, 7) is 13.0. The molecule has 2 N–H and O–H groups in total. The number of methoxy groups -OCH3 is 1. The fraction of sp³-hybridized carbons (Fsp3) is 0.433. The number of benzene rings is 2. The van der Waals surface area contributed by atoms with E-state index in [1.807, 2.05) is 0 Å². The van der Waals surface area contributed by atoms with Crippen molar-refractivity contribution in [2.75, 3.05) is 20.2 Å². The zero-order valence-electron chi connectivity index (χ0n) is 23.7. The molecule has 0 saturated carbocycles. The minimum absolute atomic E-state index is 0.234. The molecule has 3 aromatic rings. The van der Waals surface area contributed by atoms with Crippen molar-refractivity contribution in [2.24, 2.45) is 0 Å². The van der Waals surface area contributed by atoms with E-state index >= 15 is 0 Å². The van der Waals surface area contributed by atoms with Gasteiger partial charge in [-0.25, -0.2) is 8.42 Å². The molecule has 7 nitrogen and oxygen atoms in total. The number of piperidine rings is 1. The van der Waals surface area contributed by atoms with Crippen molar-refractivity contribution in [1.82, 2.24) is 14.9 Å². The van der Waals surface area contributed by atoms with E-state index in [1.54, 1.807) is 47.8 Å². The first-order valence-corrected chi connectivity index (χ1v) is 15.6. The quantitative estimate of drug-likeness (QED) is 0.371. The van der Waals surface area contributed by atoms with E-state index in [9.17, 15) is 13.2 Å². The normalized spacial score (nSPS) is 14.9. The standard InChI is InChI=1S/C30H39N3O4S2/c1-19-20(2)22(4)28(23(5)21(19)3)18-31-25-12-14-33(15-13-25)39(35,36)29-11-10-27(38-29)17-32-30(34)24-8-7-9-26(16-24)37-6/h7-11,16,25,31H,12-15,17-18H2,1-6H3,(H,32,34). The van der Waals surface area contributed by atoms with E-state index in [4.69, 9.17) is 4.74 Å². The van der Waals surface area contributed by atoms with Crippen LogP contribution in [0.2, 0.25) is 0 Å². The molecule has 1 fully saturated rings. The first kappa shape index (κ1) is 29.3. The second-order valence-corrected chi connectivity index (χ2v) is 13.6. The van der Waals surface area contributed by atoms with Gasteiger partial charge in [-0.2, -0.15) is 4.31 Å². The van der Waals surface area contributed by atoms with Crippen LogP contribution in [0.1, 0.15) is 61.5 Å². The molecule has 9 heteroatoms. The van der Waals surface area contributed by atoms with Gasteiger partial charge in [0, 0.05) is 36.1 Å². The van der Waals surface area contributed by atoms with Crippen molar-refractivity contribution in [3.63, 3.8) is 0 Å². The molecule has 0 bridgehead atoms. The highest BCUT2D eigenvalue weighted by Gasteiger charge is 2.30. The van der Waals surface area contributed by atoms with E-state index < -0.39 is 10.0 Å². The third kappa shape index (κ3) is 6.38. The fourth-order valence-electron chi connectivity index (χ4n) is 5.14. The Morgan fingerprint density at radius 1 is 0.949 bits per heavy atom. The number of rotatable bonds is 9. The number of carbonyl (C=O) groups excluding carboxylic acids is 1. The van der Waals surface area contributed by atoms with Crippen molar-refractivity contribution in [3.05, 3.63) is 80.2 Å². The maximum Gasteiger partial charge on any atom is 0.252 e. The number of nitrogens with one attached hydrogen (secondary N) is 2. The number of ether oxygens (including phenoxy) is 1. The number of amides is 1. The van der Waals surface area contributed by atoms with E-state index in [1.165, 1.54) is 44.7 Å². The maximum absolute atomic E-state index is 13.3. The Bertz CT molecular complexity index is 1430. The van der Waals surface area contributed by atoms with Crippen LogP contribution in [0.5, 0.6) is 5.75 Å². The van der Waals surface area contributed by atoms with Gasteiger partial charge in [0.15, 0.2) is 0 Å². The van der Waals surface area contributed by atoms with Crippen molar-refractivity contribution < 1.29 is 17.9 Å². The Morgan fingerprint density at radius 3 is 2.23 bits per heavy atom. The lowest BCUT2D eigenvalue weighted by Gasteiger charge is -2.32. The third-order valence-corrected chi connectivity index (χ3v) is 11.6. The lowest BCUT2D eigenvalue weighted by molar-refractivity contribution is 0.0951. The molecule has 4 rings (SSSR count). The number of carbonyl (C=O) groups is 1.